The van der Waals surface area contributed by atoms with Crippen molar-refractivity contribution < 1.29 is 13.6 Å². The number of benzene rings is 1. The molecule has 1 aromatic rings. The topological polar surface area (TPSA) is 41.6 Å². The SMILES string of the molecule is C=CC[C@@H](CO[Si](C)(C)C(C)(C)C)N(C)C(=O)NCc1cccc(F)c1Cl. The standard InChI is InChI=1S/C20H32ClFN2O2Si/c1-8-10-16(14-26-27(6,7)20(2,3)4)24(5)19(25)23-13-15-11-9-12-17(22)18(15)21/h8-9,11-12,16H,1,10,13-14H2,2-7H3,(H,23,25)/t16-/m0/s1. The first-order chi connectivity index (χ1) is 12.4. The van der Waals surface area contributed by atoms with E-state index in [4.69, 9.17) is 16.0 Å². The highest BCUT2D eigenvalue weighted by Crippen LogP contribution is 2.36. The van der Waals surface area contributed by atoms with Gasteiger partial charge in [0.1, 0.15) is 5.82 Å². The van der Waals surface area contributed by atoms with Gasteiger partial charge in [-0.2, -0.15) is 0 Å². The lowest BCUT2D eigenvalue weighted by Crippen LogP contribution is -2.49. The zero-order valence-electron chi connectivity index (χ0n) is 17.2. The van der Waals surface area contributed by atoms with E-state index in [9.17, 15) is 9.18 Å². The summed E-state index contributed by atoms with van der Waals surface area (Å²) in [6, 6.07) is 4.16. The molecule has 0 heterocycles. The summed E-state index contributed by atoms with van der Waals surface area (Å²) in [6.45, 7) is 15.3. The molecule has 0 aliphatic heterocycles. The van der Waals surface area contributed by atoms with E-state index in [0.29, 0.717) is 18.6 Å². The summed E-state index contributed by atoms with van der Waals surface area (Å²) in [5, 5.41) is 2.92. The Kier molecular flexibility index (Phi) is 8.51. The summed E-state index contributed by atoms with van der Waals surface area (Å²) in [5.41, 5.74) is 0.538. The Hall–Kier alpha value is -1.37. The van der Waals surface area contributed by atoms with E-state index >= 15 is 0 Å². The second-order valence-electron chi connectivity index (χ2n) is 8.23. The van der Waals surface area contributed by atoms with Gasteiger partial charge in [-0.15, -0.1) is 6.58 Å². The first-order valence-electron chi connectivity index (χ1n) is 9.09. The molecule has 27 heavy (non-hydrogen) atoms. The minimum absolute atomic E-state index is 0.0318. The van der Waals surface area contributed by atoms with Gasteiger partial charge in [0, 0.05) is 13.6 Å². The van der Waals surface area contributed by atoms with Crippen LogP contribution in [0.4, 0.5) is 9.18 Å². The van der Waals surface area contributed by atoms with Crippen molar-refractivity contribution in [2.45, 2.75) is 57.9 Å². The van der Waals surface area contributed by atoms with Crippen molar-refractivity contribution in [1.82, 2.24) is 10.2 Å². The number of hydrogen-bond donors (Lipinski definition) is 1. The maximum Gasteiger partial charge on any atom is 0.317 e. The number of amides is 2. The first-order valence-corrected chi connectivity index (χ1v) is 12.4. The van der Waals surface area contributed by atoms with Crippen LogP contribution in [0.15, 0.2) is 30.9 Å². The van der Waals surface area contributed by atoms with E-state index in [1.165, 1.54) is 6.07 Å². The van der Waals surface area contributed by atoms with E-state index in [-0.39, 0.29) is 28.7 Å². The minimum atomic E-state index is -1.91. The molecule has 1 atom stereocenters. The monoisotopic (exact) mass is 414 g/mol. The zero-order chi connectivity index (χ0) is 20.8. The summed E-state index contributed by atoms with van der Waals surface area (Å²) in [6.07, 6.45) is 2.41. The zero-order valence-corrected chi connectivity index (χ0v) is 19.0. The van der Waals surface area contributed by atoms with Crippen molar-refractivity contribution in [2.75, 3.05) is 13.7 Å². The van der Waals surface area contributed by atoms with Gasteiger partial charge in [-0.05, 0) is 36.2 Å². The molecule has 4 nitrogen and oxygen atoms in total. The molecule has 0 aromatic heterocycles. The molecule has 0 bridgehead atoms. The summed E-state index contributed by atoms with van der Waals surface area (Å²) < 4.78 is 19.8. The van der Waals surface area contributed by atoms with Crippen LogP contribution in [-0.4, -0.2) is 38.9 Å². The minimum Gasteiger partial charge on any atom is -0.415 e. The van der Waals surface area contributed by atoms with Crippen molar-refractivity contribution >= 4 is 25.9 Å². The predicted octanol–water partition coefficient (Wildman–Crippen LogP) is 5.59. The largest absolute Gasteiger partial charge is 0.415 e. The van der Waals surface area contributed by atoms with Crippen LogP contribution in [0.1, 0.15) is 32.8 Å². The van der Waals surface area contributed by atoms with Crippen molar-refractivity contribution in [2.24, 2.45) is 0 Å². The molecule has 0 radical (unpaired) electrons. The molecule has 0 spiro atoms. The summed E-state index contributed by atoms with van der Waals surface area (Å²) in [4.78, 5) is 14.2. The number of rotatable bonds is 8. The van der Waals surface area contributed by atoms with Crippen molar-refractivity contribution in [1.29, 1.82) is 0 Å². The summed E-state index contributed by atoms with van der Waals surface area (Å²) in [5.74, 6) is -0.496. The fourth-order valence-corrected chi connectivity index (χ4v) is 3.43. The molecule has 1 N–H and O–H groups in total. The van der Waals surface area contributed by atoms with Gasteiger partial charge in [0.05, 0.1) is 17.7 Å². The van der Waals surface area contributed by atoms with Gasteiger partial charge in [0.15, 0.2) is 8.32 Å². The smallest absolute Gasteiger partial charge is 0.317 e. The number of nitrogens with one attached hydrogen (secondary N) is 1. The van der Waals surface area contributed by atoms with Gasteiger partial charge in [-0.1, -0.05) is 50.6 Å². The third-order valence-corrected chi connectivity index (χ3v) is 10.1. The van der Waals surface area contributed by atoms with Gasteiger partial charge in [-0.3, -0.25) is 0 Å². The number of urea groups is 1. The predicted molar refractivity (Wildman–Crippen MR) is 113 cm³/mol. The van der Waals surface area contributed by atoms with Gasteiger partial charge < -0.3 is 14.6 Å². The van der Waals surface area contributed by atoms with Crippen LogP contribution in [0.3, 0.4) is 0 Å². The van der Waals surface area contributed by atoms with Crippen molar-refractivity contribution in [3.8, 4) is 0 Å². The van der Waals surface area contributed by atoms with E-state index in [0.717, 1.165) is 0 Å². The van der Waals surface area contributed by atoms with Gasteiger partial charge >= 0.3 is 6.03 Å². The molecule has 7 heteroatoms. The summed E-state index contributed by atoms with van der Waals surface area (Å²) >= 11 is 5.94. The Morgan fingerprint density at radius 1 is 1.44 bits per heavy atom. The van der Waals surface area contributed by atoms with Crippen LogP contribution in [0.2, 0.25) is 23.2 Å². The Bertz CT molecular complexity index is 662. The Balaban J connectivity index is 2.73. The molecule has 1 aromatic carbocycles. The highest BCUT2D eigenvalue weighted by Gasteiger charge is 2.38. The second kappa shape index (κ2) is 9.71. The third-order valence-electron chi connectivity index (χ3n) is 5.21. The number of halogens is 2. The second-order valence-corrected chi connectivity index (χ2v) is 13.4. The van der Waals surface area contributed by atoms with Crippen LogP contribution >= 0.6 is 11.6 Å². The molecule has 152 valence electrons. The molecule has 0 unspecified atom stereocenters. The molecule has 0 aliphatic rings. The number of hydrogen-bond acceptors (Lipinski definition) is 2. The van der Waals surface area contributed by atoms with Crippen LogP contribution in [-0.2, 0) is 11.0 Å². The molecule has 0 saturated carbocycles. The lowest BCUT2D eigenvalue weighted by Gasteiger charge is -2.38. The van der Waals surface area contributed by atoms with Crippen LogP contribution in [0.25, 0.3) is 0 Å². The van der Waals surface area contributed by atoms with E-state index in [1.807, 2.05) is 0 Å². The van der Waals surface area contributed by atoms with E-state index < -0.39 is 14.1 Å². The maximum atomic E-state index is 13.5. The number of likely N-dealkylation sites (N-methyl/N-ethyl adjacent to an activating group) is 1. The molecule has 0 fully saturated rings. The molecule has 0 saturated heterocycles. The lowest BCUT2D eigenvalue weighted by molar-refractivity contribution is 0.152. The van der Waals surface area contributed by atoms with Crippen LogP contribution in [0, 0.1) is 5.82 Å². The molecule has 1 rings (SSSR count). The van der Waals surface area contributed by atoms with Crippen molar-refractivity contribution in [3.05, 3.63) is 47.3 Å². The molecular weight excluding hydrogens is 383 g/mol. The number of carbonyl (C=O) groups excluding carboxylic acids is 1. The fraction of sp³-hybridized carbons (Fsp3) is 0.550. The molecule has 0 aliphatic carbocycles. The van der Waals surface area contributed by atoms with Gasteiger partial charge in [-0.25, -0.2) is 9.18 Å². The highest BCUT2D eigenvalue weighted by atomic mass is 35.5. The molecular formula is C20H32ClFN2O2Si. The average molecular weight is 415 g/mol. The number of carbonyl (C=O) groups is 1. The third kappa shape index (κ3) is 6.62. The maximum absolute atomic E-state index is 13.5. The van der Waals surface area contributed by atoms with Crippen LogP contribution in [0.5, 0.6) is 0 Å². The van der Waals surface area contributed by atoms with Crippen molar-refractivity contribution in [3.63, 3.8) is 0 Å². The summed E-state index contributed by atoms with van der Waals surface area (Å²) in [7, 11) is -0.186. The quantitative estimate of drug-likeness (QED) is 0.445. The Morgan fingerprint density at radius 3 is 2.63 bits per heavy atom. The Labute approximate surface area is 168 Å². The van der Waals surface area contributed by atoms with Gasteiger partial charge in [0.2, 0.25) is 0 Å². The van der Waals surface area contributed by atoms with Gasteiger partial charge in [0.25, 0.3) is 0 Å². The van der Waals surface area contributed by atoms with E-state index in [1.54, 1.807) is 30.2 Å². The first kappa shape index (κ1) is 23.7. The molecule has 2 amide bonds. The van der Waals surface area contributed by atoms with Crippen LogP contribution < -0.4 is 5.32 Å². The fourth-order valence-electron chi connectivity index (χ4n) is 2.20. The van der Waals surface area contributed by atoms with E-state index in [2.05, 4.69) is 45.8 Å². The highest BCUT2D eigenvalue weighted by molar-refractivity contribution is 6.74. The Morgan fingerprint density at radius 2 is 2.07 bits per heavy atom. The number of nitrogens with zero attached hydrogens (tertiary/aromatic N) is 1. The average Bonchev–Trinajstić information content (AvgIpc) is 2.58. The normalized spacial score (nSPS) is 13.2. The lowest BCUT2D eigenvalue weighted by atomic mass is 10.2.